The first-order valence-corrected chi connectivity index (χ1v) is 8.67. The van der Waals surface area contributed by atoms with E-state index in [-0.39, 0.29) is 22.7 Å². The van der Waals surface area contributed by atoms with Crippen LogP contribution in [0.1, 0.15) is 46.0 Å². The lowest BCUT2D eigenvalue weighted by Crippen LogP contribution is -2.53. The Kier molecular flexibility index (Phi) is 3.03. The van der Waals surface area contributed by atoms with E-state index in [4.69, 9.17) is 0 Å². The fourth-order valence-corrected chi connectivity index (χ4v) is 6.22. The van der Waals surface area contributed by atoms with Gasteiger partial charge in [-0.05, 0) is 73.0 Å². The molecular weight excluding hydrogens is 276 g/mol. The molecule has 3 heteroatoms. The Morgan fingerprint density at radius 1 is 1.14 bits per heavy atom. The summed E-state index contributed by atoms with van der Waals surface area (Å²) in [6.45, 7) is 4.43. The minimum Gasteiger partial charge on any atom is -0.393 e. The van der Waals surface area contributed by atoms with Crippen molar-refractivity contribution >= 4 is 5.78 Å². The Hall–Kier alpha value is -0.930. The Balaban J connectivity index is 1.74. The first-order valence-electron chi connectivity index (χ1n) is 8.67. The van der Waals surface area contributed by atoms with Gasteiger partial charge in [0.25, 0.3) is 0 Å². The number of aliphatic hydroxyl groups is 2. The third kappa shape index (κ3) is 1.73. The summed E-state index contributed by atoms with van der Waals surface area (Å²) in [5.41, 5.74) is 0.751. The predicted octanol–water partition coefficient (Wildman–Crippen LogP) is 2.63. The van der Waals surface area contributed by atoms with Crippen LogP contribution in [0.2, 0.25) is 0 Å². The van der Waals surface area contributed by atoms with Gasteiger partial charge in [0.15, 0.2) is 5.78 Å². The molecule has 3 saturated carbocycles. The summed E-state index contributed by atoms with van der Waals surface area (Å²) >= 11 is 0. The van der Waals surface area contributed by atoms with E-state index in [9.17, 15) is 15.0 Å². The first kappa shape index (κ1) is 14.6. The number of aliphatic hydroxyl groups excluding tert-OH is 2. The molecule has 3 fully saturated rings. The van der Waals surface area contributed by atoms with Crippen molar-refractivity contribution in [1.29, 1.82) is 0 Å². The Labute approximate surface area is 132 Å². The maximum atomic E-state index is 11.7. The van der Waals surface area contributed by atoms with Crippen molar-refractivity contribution in [2.24, 2.45) is 28.6 Å². The van der Waals surface area contributed by atoms with Gasteiger partial charge >= 0.3 is 0 Å². The van der Waals surface area contributed by atoms with Crippen LogP contribution in [0.3, 0.4) is 0 Å². The Morgan fingerprint density at radius 2 is 1.91 bits per heavy atom. The zero-order valence-electron chi connectivity index (χ0n) is 13.5. The van der Waals surface area contributed by atoms with Gasteiger partial charge < -0.3 is 10.2 Å². The van der Waals surface area contributed by atoms with Crippen molar-refractivity contribution < 1.29 is 15.0 Å². The normalized spacial score (nSPS) is 53.5. The molecule has 0 aromatic heterocycles. The second kappa shape index (κ2) is 4.55. The summed E-state index contributed by atoms with van der Waals surface area (Å²) in [7, 11) is 0. The number of hydrogen-bond donors (Lipinski definition) is 2. The molecule has 3 nitrogen and oxygen atoms in total. The monoisotopic (exact) mass is 302 g/mol. The van der Waals surface area contributed by atoms with Crippen LogP contribution >= 0.6 is 0 Å². The molecule has 0 aliphatic heterocycles. The van der Waals surface area contributed by atoms with Crippen LogP contribution < -0.4 is 0 Å². The van der Waals surface area contributed by atoms with Gasteiger partial charge in [-0.15, -0.1) is 0 Å². The van der Waals surface area contributed by atoms with Gasteiger partial charge in [-0.2, -0.15) is 0 Å². The molecule has 4 rings (SSSR count). The molecule has 4 aliphatic carbocycles. The van der Waals surface area contributed by atoms with E-state index in [1.807, 2.05) is 6.08 Å². The fourth-order valence-electron chi connectivity index (χ4n) is 6.22. The number of carbonyl (C=O) groups excluding carboxylic acids is 1. The predicted molar refractivity (Wildman–Crippen MR) is 84.0 cm³/mol. The van der Waals surface area contributed by atoms with Crippen molar-refractivity contribution in [2.45, 2.75) is 58.2 Å². The van der Waals surface area contributed by atoms with Crippen LogP contribution in [-0.4, -0.2) is 28.2 Å². The average Bonchev–Trinajstić information content (AvgIpc) is 2.77. The first-order chi connectivity index (χ1) is 10.4. The average molecular weight is 302 g/mol. The summed E-state index contributed by atoms with van der Waals surface area (Å²) in [6.07, 6.45) is 9.53. The lowest BCUT2D eigenvalue weighted by Gasteiger charge is -2.57. The lowest BCUT2D eigenvalue weighted by atomic mass is 9.48. The summed E-state index contributed by atoms with van der Waals surface area (Å²) < 4.78 is 0. The van der Waals surface area contributed by atoms with E-state index < -0.39 is 6.10 Å². The topological polar surface area (TPSA) is 57.5 Å². The van der Waals surface area contributed by atoms with Crippen molar-refractivity contribution in [2.75, 3.05) is 0 Å². The number of allylic oxidation sites excluding steroid dienone is 3. The van der Waals surface area contributed by atoms with Gasteiger partial charge in [0.1, 0.15) is 0 Å². The molecule has 0 aromatic rings. The Morgan fingerprint density at radius 3 is 2.68 bits per heavy atom. The van der Waals surface area contributed by atoms with Crippen LogP contribution in [-0.2, 0) is 4.79 Å². The molecule has 0 radical (unpaired) electrons. The summed E-state index contributed by atoms with van der Waals surface area (Å²) in [5, 5.41) is 21.1. The quantitative estimate of drug-likeness (QED) is 0.723. The second-order valence-electron chi connectivity index (χ2n) is 8.38. The van der Waals surface area contributed by atoms with Gasteiger partial charge in [0.05, 0.1) is 12.2 Å². The van der Waals surface area contributed by atoms with Crippen molar-refractivity contribution in [3.05, 3.63) is 23.8 Å². The third-order valence-electron chi connectivity index (χ3n) is 7.53. The highest BCUT2D eigenvalue weighted by atomic mass is 16.3. The highest BCUT2D eigenvalue weighted by Gasteiger charge is 2.59. The summed E-state index contributed by atoms with van der Waals surface area (Å²) in [4.78, 5) is 11.7. The lowest BCUT2D eigenvalue weighted by molar-refractivity contribution is -0.111. The highest BCUT2D eigenvalue weighted by molar-refractivity contribution is 6.01. The SMILES string of the molecule is C[C@]12CC[C@H]3[C@@H](C[C@@H](O)C4=CC(=O)C=C[C@@]43C)[C@@H]1CC[C@H]2O. The molecule has 2 N–H and O–H groups in total. The van der Waals surface area contributed by atoms with E-state index in [1.54, 1.807) is 12.2 Å². The highest BCUT2D eigenvalue weighted by Crippen LogP contribution is 2.64. The van der Waals surface area contributed by atoms with Gasteiger partial charge in [0.2, 0.25) is 0 Å². The standard InChI is InChI=1S/C19H26O3/c1-18-7-5-11(20)9-15(18)16(21)10-12-13-3-4-17(22)19(13,2)8-6-14(12)18/h5,7,9,12-14,16-17,21-22H,3-4,6,8,10H2,1-2H3/t12-,13-,14-,16+,17+,18+,19-/m0/s1. The largest absolute Gasteiger partial charge is 0.393 e. The molecule has 0 amide bonds. The number of fused-ring (bicyclic) bond motifs is 5. The van der Waals surface area contributed by atoms with Gasteiger partial charge in [-0.3, -0.25) is 4.79 Å². The number of ketones is 1. The van der Waals surface area contributed by atoms with E-state index >= 15 is 0 Å². The van der Waals surface area contributed by atoms with E-state index in [1.165, 1.54) is 0 Å². The molecule has 0 aromatic carbocycles. The maximum absolute atomic E-state index is 11.7. The smallest absolute Gasteiger partial charge is 0.178 e. The second-order valence-corrected chi connectivity index (χ2v) is 8.38. The molecular formula is C19H26O3. The number of hydrogen-bond acceptors (Lipinski definition) is 3. The van der Waals surface area contributed by atoms with Crippen LogP contribution in [0.15, 0.2) is 23.8 Å². The van der Waals surface area contributed by atoms with Crippen molar-refractivity contribution in [1.82, 2.24) is 0 Å². The molecule has 0 bridgehead atoms. The molecule has 0 heterocycles. The van der Waals surface area contributed by atoms with Crippen molar-refractivity contribution in [3.63, 3.8) is 0 Å². The minimum atomic E-state index is -0.514. The van der Waals surface area contributed by atoms with E-state index in [2.05, 4.69) is 13.8 Å². The van der Waals surface area contributed by atoms with Gasteiger partial charge in [-0.1, -0.05) is 19.9 Å². The molecule has 0 saturated heterocycles. The van der Waals surface area contributed by atoms with Crippen LogP contribution in [0.25, 0.3) is 0 Å². The zero-order chi connectivity index (χ0) is 15.7. The molecule has 0 unspecified atom stereocenters. The van der Waals surface area contributed by atoms with E-state index in [0.29, 0.717) is 17.8 Å². The molecule has 7 atom stereocenters. The molecule has 120 valence electrons. The van der Waals surface area contributed by atoms with Crippen LogP contribution in [0, 0.1) is 28.6 Å². The van der Waals surface area contributed by atoms with Gasteiger partial charge in [-0.25, -0.2) is 0 Å². The van der Waals surface area contributed by atoms with Crippen molar-refractivity contribution in [3.8, 4) is 0 Å². The third-order valence-corrected chi connectivity index (χ3v) is 7.53. The maximum Gasteiger partial charge on any atom is 0.178 e. The number of rotatable bonds is 0. The summed E-state index contributed by atoms with van der Waals surface area (Å²) in [5.74, 6) is 1.43. The van der Waals surface area contributed by atoms with Crippen LogP contribution in [0.5, 0.6) is 0 Å². The summed E-state index contributed by atoms with van der Waals surface area (Å²) in [6, 6.07) is 0. The Bertz CT molecular complexity index is 577. The van der Waals surface area contributed by atoms with Crippen LogP contribution in [0.4, 0.5) is 0 Å². The van der Waals surface area contributed by atoms with E-state index in [0.717, 1.165) is 37.7 Å². The zero-order valence-corrected chi connectivity index (χ0v) is 13.5. The number of carbonyl (C=O) groups is 1. The molecule has 4 aliphatic rings. The fraction of sp³-hybridized carbons (Fsp3) is 0.737. The molecule has 22 heavy (non-hydrogen) atoms. The minimum absolute atomic E-state index is 0.00177. The van der Waals surface area contributed by atoms with Gasteiger partial charge in [0, 0.05) is 5.41 Å². The molecule has 0 spiro atoms.